The summed E-state index contributed by atoms with van der Waals surface area (Å²) in [4.78, 5) is 20.3. The highest BCUT2D eigenvalue weighted by Gasteiger charge is 2.35. The fourth-order valence-corrected chi connectivity index (χ4v) is 5.57. The van der Waals surface area contributed by atoms with E-state index >= 15 is 0 Å². The zero-order valence-corrected chi connectivity index (χ0v) is 23.6. The monoisotopic (exact) mass is 562 g/mol. The first-order valence-corrected chi connectivity index (χ1v) is 14.3. The summed E-state index contributed by atoms with van der Waals surface area (Å²) in [6, 6.07) is 13.5. The number of carbonyl (C=O) groups excluding carboxylic acids is 1. The number of benzene rings is 1. The highest BCUT2D eigenvalue weighted by molar-refractivity contribution is 7.99. The third-order valence-electron chi connectivity index (χ3n) is 6.76. The molecule has 2 fully saturated rings. The van der Waals surface area contributed by atoms with Crippen LogP contribution in [0.15, 0.2) is 58.7 Å². The summed E-state index contributed by atoms with van der Waals surface area (Å²) in [7, 11) is 0. The van der Waals surface area contributed by atoms with E-state index in [0.29, 0.717) is 35.7 Å². The number of hydrogen-bond donors (Lipinski definition) is 4. The van der Waals surface area contributed by atoms with Crippen LogP contribution in [-0.4, -0.2) is 78.2 Å². The average molecular weight is 563 g/mol. The molecule has 1 saturated carbocycles. The van der Waals surface area contributed by atoms with Crippen molar-refractivity contribution in [3.63, 3.8) is 0 Å². The van der Waals surface area contributed by atoms with Gasteiger partial charge in [0, 0.05) is 47.5 Å². The van der Waals surface area contributed by atoms with Gasteiger partial charge < -0.3 is 20.5 Å². The summed E-state index contributed by atoms with van der Waals surface area (Å²) in [5.74, 6) is 1.88. The fraction of sp³-hybridized carbons (Fsp3) is 0.429. The molecule has 1 aliphatic heterocycles. The third kappa shape index (κ3) is 6.47. The Hall–Kier alpha value is -3.45. The number of nitrogens with zero attached hydrogens (tertiary/aromatic N) is 5. The van der Waals surface area contributed by atoms with E-state index in [0.717, 1.165) is 21.9 Å². The van der Waals surface area contributed by atoms with Crippen molar-refractivity contribution in [1.29, 1.82) is 0 Å². The topological polar surface area (TPSA) is 133 Å². The minimum absolute atomic E-state index is 0.135. The van der Waals surface area contributed by atoms with Crippen molar-refractivity contribution in [2.45, 2.75) is 67.4 Å². The maximum atomic E-state index is 12.7. The molecule has 4 N–H and O–H groups in total. The van der Waals surface area contributed by atoms with Gasteiger partial charge in [0.1, 0.15) is 5.52 Å². The lowest BCUT2D eigenvalue weighted by molar-refractivity contribution is -0.117. The Labute approximate surface area is 236 Å². The molecule has 1 amide bonds. The number of carbonyl (C=O) groups is 1. The molecule has 1 saturated heterocycles. The highest BCUT2D eigenvalue weighted by Crippen LogP contribution is 2.40. The van der Waals surface area contributed by atoms with Crippen molar-refractivity contribution in [2.24, 2.45) is 0 Å². The summed E-state index contributed by atoms with van der Waals surface area (Å²) in [5.41, 5.74) is 2.37. The van der Waals surface area contributed by atoms with E-state index in [1.54, 1.807) is 4.52 Å². The first-order chi connectivity index (χ1) is 19.2. The van der Waals surface area contributed by atoms with E-state index < -0.39 is 6.10 Å². The molecule has 2 atom stereocenters. The molecule has 11 nitrogen and oxygen atoms in total. The van der Waals surface area contributed by atoms with Crippen molar-refractivity contribution in [3.8, 4) is 0 Å². The number of aliphatic hydroxyl groups excluding tert-OH is 1. The normalized spacial score (nSPS) is 19.8. The molecule has 0 bridgehead atoms. The number of likely N-dealkylation sites (tertiary alicyclic amines) is 1. The molecule has 4 aromatic rings. The predicted octanol–water partition coefficient (Wildman–Crippen LogP) is 4.02. The molecular weight excluding hydrogens is 528 g/mol. The van der Waals surface area contributed by atoms with Gasteiger partial charge in [-0.25, -0.2) is 9.50 Å². The number of nitrogens with one attached hydrogen (secondary N) is 3. The number of aliphatic hydroxyl groups is 1. The largest absolute Gasteiger partial charge is 0.389 e. The van der Waals surface area contributed by atoms with Gasteiger partial charge in [0.25, 0.3) is 0 Å². The molecule has 4 heterocycles. The zero-order valence-electron chi connectivity index (χ0n) is 22.8. The van der Waals surface area contributed by atoms with Crippen LogP contribution in [-0.2, 0) is 9.53 Å². The van der Waals surface area contributed by atoms with Crippen molar-refractivity contribution >= 4 is 40.5 Å². The lowest BCUT2D eigenvalue weighted by Gasteiger charge is -2.26. The van der Waals surface area contributed by atoms with Crippen LogP contribution in [0.3, 0.4) is 0 Å². The number of fused-ring (bicyclic) bond motifs is 1. The van der Waals surface area contributed by atoms with Gasteiger partial charge in [-0.2, -0.15) is 5.10 Å². The number of rotatable bonds is 9. The Morgan fingerprint density at radius 2 is 2.00 bits per heavy atom. The van der Waals surface area contributed by atoms with Crippen LogP contribution in [0.2, 0.25) is 0 Å². The van der Waals surface area contributed by atoms with Gasteiger partial charge in [-0.05, 0) is 81.8 Å². The zero-order chi connectivity index (χ0) is 27.9. The first kappa shape index (κ1) is 26.8. The fourth-order valence-electron chi connectivity index (χ4n) is 4.82. The lowest BCUT2D eigenvalue weighted by Crippen LogP contribution is -2.35. The number of hydrogen-bond acceptors (Lipinski definition) is 9. The predicted molar refractivity (Wildman–Crippen MR) is 153 cm³/mol. The summed E-state index contributed by atoms with van der Waals surface area (Å²) in [6.45, 7) is 7.00. The second-order valence-electron chi connectivity index (χ2n) is 11.4. The Kier molecular flexibility index (Phi) is 7.26. The molecule has 6 rings (SSSR count). The molecule has 210 valence electrons. The second-order valence-corrected chi connectivity index (χ2v) is 12.4. The van der Waals surface area contributed by atoms with Gasteiger partial charge >= 0.3 is 0 Å². The summed E-state index contributed by atoms with van der Waals surface area (Å²) in [6.07, 6.45) is 3.40. The molecule has 0 unspecified atom stereocenters. The molecule has 12 heteroatoms. The lowest BCUT2D eigenvalue weighted by atomic mass is 10.1. The Balaban J connectivity index is 1.07. The number of ether oxygens (including phenoxy) is 1. The molecule has 2 aliphatic rings. The van der Waals surface area contributed by atoms with E-state index in [1.807, 2.05) is 74.3 Å². The minimum Gasteiger partial charge on any atom is -0.389 e. The number of β-amino-alcohol motifs (C(OH)–C–C–N with tert-alkyl or cyclic N) is 1. The van der Waals surface area contributed by atoms with Gasteiger partial charge in [0.2, 0.25) is 11.1 Å². The molecule has 3 aromatic heterocycles. The van der Waals surface area contributed by atoms with Crippen molar-refractivity contribution in [1.82, 2.24) is 29.7 Å². The van der Waals surface area contributed by atoms with Gasteiger partial charge in [-0.3, -0.25) is 14.8 Å². The van der Waals surface area contributed by atoms with E-state index in [9.17, 15) is 9.90 Å². The third-order valence-corrected chi connectivity index (χ3v) is 7.63. The summed E-state index contributed by atoms with van der Waals surface area (Å²) in [5, 5.41) is 29.3. The van der Waals surface area contributed by atoms with E-state index in [1.165, 1.54) is 24.6 Å². The highest BCUT2D eigenvalue weighted by atomic mass is 32.2. The van der Waals surface area contributed by atoms with E-state index in [2.05, 4.69) is 25.9 Å². The van der Waals surface area contributed by atoms with Crippen LogP contribution in [0, 0.1) is 0 Å². The molecule has 1 aliphatic carbocycles. The maximum Gasteiger partial charge on any atom is 0.238 e. The SMILES string of the molecule is CC(C)(C)O[C@H]1CN(CC(=O)Nc2ccc(Sc3nc(Nc4cc(C5CC5)[nH]n4)c4cccn4n3)cc2)C[C@@H]1O. The van der Waals surface area contributed by atoms with Gasteiger partial charge in [0.15, 0.2) is 11.6 Å². The first-order valence-electron chi connectivity index (χ1n) is 13.5. The van der Waals surface area contributed by atoms with Crippen molar-refractivity contribution in [3.05, 3.63) is 54.4 Å². The van der Waals surface area contributed by atoms with E-state index in [-0.39, 0.29) is 24.2 Å². The van der Waals surface area contributed by atoms with Crippen molar-refractivity contribution < 1.29 is 14.6 Å². The molecule has 0 radical (unpaired) electrons. The van der Waals surface area contributed by atoms with Crippen LogP contribution in [0.4, 0.5) is 17.3 Å². The Bertz CT molecular complexity index is 1490. The van der Waals surface area contributed by atoms with Crippen molar-refractivity contribution in [2.75, 3.05) is 30.3 Å². The molecule has 1 aromatic carbocycles. The number of aromatic nitrogens is 5. The maximum absolute atomic E-state index is 12.7. The second kappa shape index (κ2) is 10.8. The Morgan fingerprint density at radius 1 is 1.20 bits per heavy atom. The van der Waals surface area contributed by atoms with E-state index in [4.69, 9.17) is 9.72 Å². The quantitative estimate of drug-likeness (QED) is 0.239. The van der Waals surface area contributed by atoms with Crippen LogP contribution >= 0.6 is 11.8 Å². The minimum atomic E-state index is -0.605. The number of anilines is 3. The molecular formula is C28H34N8O3S. The standard InChI is InChI=1S/C28H34N8O3S/c1-28(2,3)39-23-15-35(14-22(23)37)16-25(38)29-18-8-10-19(11-9-18)40-27-31-26(21-5-4-12-36(21)34-27)30-24-13-20(32-33-24)17-6-7-17/h4-5,8-13,17,22-23,37H,6-7,14-16H2,1-3H3,(H,29,38)(H2,30,31,32,33,34)/t22-,23-/m0/s1. The smallest absolute Gasteiger partial charge is 0.238 e. The summed E-state index contributed by atoms with van der Waals surface area (Å²) < 4.78 is 7.72. The Morgan fingerprint density at radius 3 is 2.75 bits per heavy atom. The number of amides is 1. The van der Waals surface area contributed by atoms with Crippen LogP contribution < -0.4 is 10.6 Å². The number of H-pyrrole nitrogens is 1. The number of aromatic amines is 1. The molecule has 0 spiro atoms. The van der Waals surface area contributed by atoms with Crippen LogP contribution in [0.5, 0.6) is 0 Å². The van der Waals surface area contributed by atoms with Gasteiger partial charge in [-0.1, -0.05) is 0 Å². The summed E-state index contributed by atoms with van der Waals surface area (Å²) >= 11 is 1.44. The van der Waals surface area contributed by atoms with Gasteiger partial charge in [-0.15, -0.1) is 5.10 Å². The van der Waals surface area contributed by atoms with Crippen LogP contribution in [0.25, 0.3) is 5.52 Å². The molecule has 40 heavy (non-hydrogen) atoms. The van der Waals surface area contributed by atoms with Gasteiger partial charge in [0.05, 0.1) is 24.4 Å². The van der Waals surface area contributed by atoms with Crippen LogP contribution in [0.1, 0.15) is 45.2 Å². The average Bonchev–Trinajstić information content (AvgIpc) is 3.27.